The van der Waals surface area contributed by atoms with Crippen molar-refractivity contribution >= 4 is 23.0 Å². The van der Waals surface area contributed by atoms with Crippen LogP contribution in [0, 0.1) is 10.8 Å². The van der Waals surface area contributed by atoms with Crippen LogP contribution in [0.4, 0.5) is 5.69 Å². The first kappa shape index (κ1) is 23.9. The summed E-state index contributed by atoms with van der Waals surface area (Å²) in [6.07, 6.45) is 2.46. The van der Waals surface area contributed by atoms with Gasteiger partial charge in [0, 0.05) is 38.2 Å². The molecule has 0 spiro atoms. The average molecular weight is 465 g/mol. The van der Waals surface area contributed by atoms with Gasteiger partial charge in [-0.2, -0.15) is 0 Å². The molecule has 1 aromatic heterocycles. The van der Waals surface area contributed by atoms with Crippen LogP contribution >= 0.6 is 0 Å². The van der Waals surface area contributed by atoms with Crippen molar-refractivity contribution in [3.63, 3.8) is 0 Å². The molecule has 7 nitrogen and oxygen atoms in total. The fourth-order valence-electron chi connectivity index (χ4n) is 4.90. The Balaban J connectivity index is 1.64. The number of benzene rings is 1. The van der Waals surface area contributed by atoms with Crippen LogP contribution < -0.4 is 4.74 Å². The summed E-state index contributed by atoms with van der Waals surface area (Å²) in [7, 11) is 1.59. The topological polar surface area (TPSA) is 102 Å². The highest BCUT2D eigenvalue weighted by atomic mass is 16.5. The quantitative estimate of drug-likeness (QED) is 0.447. The number of ether oxygens (including phenoxy) is 1. The average Bonchev–Trinajstić information content (AvgIpc) is 3.13. The van der Waals surface area contributed by atoms with Crippen molar-refractivity contribution in [1.82, 2.24) is 5.16 Å². The lowest BCUT2D eigenvalue weighted by Gasteiger charge is -2.31. The van der Waals surface area contributed by atoms with Crippen LogP contribution in [0.2, 0.25) is 0 Å². The number of aliphatic hydroxyl groups excluding tert-OH is 1. The van der Waals surface area contributed by atoms with Gasteiger partial charge in [0.05, 0.1) is 35.3 Å². The predicted molar refractivity (Wildman–Crippen MR) is 129 cm³/mol. The maximum absolute atomic E-state index is 13.1. The van der Waals surface area contributed by atoms with Crippen molar-refractivity contribution in [2.24, 2.45) is 15.8 Å². The minimum atomic E-state index is -0.261. The molecule has 1 aromatic carbocycles. The first-order valence-electron chi connectivity index (χ1n) is 11.7. The second kappa shape index (κ2) is 8.85. The number of carbonyl (C=O) groups is 2. The fraction of sp³-hybridized carbons (Fsp3) is 0.481. The summed E-state index contributed by atoms with van der Waals surface area (Å²) in [5.74, 6) is 1.14. The van der Waals surface area contributed by atoms with E-state index in [4.69, 9.17) is 14.3 Å². The Morgan fingerprint density at radius 1 is 1.09 bits per heavy atom. The largest absolute Gasteiger partial charge is 0.511 e. The summed E-state index contributed by atoms with van der Waals surface area (Å²) in [6.45, 7) is 8.11. The molecule has 0 atom stereocenters. The lowest BCUT2D eigenvalue weighted by molar-refractivity contribution is -0.117. The van der Waals surface area contributed by atoms with Crippen LogP contribution in [0.3, 0.4) is 0 Å². The van der Waals surface area contributed by atoms with Crippen LogP contribution in [0.5, 0.6) is 5.75 Å². The minimum absolute atomic E-state index is 0.0189. The minimum Gasteiger partial charge on any atom is -0.511 e. The number of allylic oxidation sites excluding steroid dienone is 2. The van der Waals surface area contributed by atoms with E-state index in [1.165, 1.54) is 0 Å². The van der Waals surface area contributed by atoms with Crippen LogP contribution in [-0.2, 0) is 17.6 Å². The van der Waals surface area contributed by atoms with E-state index in [-0.39, 0.29) is 40.1 Å². The highest BCUT2D eigenvalue weighted by Gasteiger charge is 2.38. The molecule has 0 amide bonds. The number of aryl methyl sites for hydroxylation is 1. The molecular formula is C27H32N2O5. The molecule has 34 heavy (non-hydrogen) atoms. The van der Waals surface area contributed by atoms with E-state index in [9.17, 15) is 14.7 Å². The number of hydrogen-bond acceptors (Lipinski definition) is 7. The Labute approximate surface area is 199 Å². The third-order valence-corrected chi connectivity index (χ3v) is 6.45. The molecule has 0 aliphatic heterocycles. The molecule has 0 radical (unpaired) electrons. The van der Waals surface area contributed by atoms with Gasteiger partial charge in [0.2, 0.25) is 0 Å². The Morgan fingerprint density at radius 2 is 1.79 bits per heavy atom. The number of carbonyl (C=O) groups excluding carboxylic acids is 2. The molecule has 2 aromatic rings. The van der Waals surface area contributed by atoms with Gasteiger partial charge in [-0.05, 0) is 29.4 Å². The lowest BCUT2D eigenvalue weighted by atomic mass is 9.73. The summed E-state index contributed by atoms with van der Waals surface area (Å²) < 4.78 is 10.8. The van der Waals surface area contributed by atoms with Crippen LogP contribution in [0.1, 0.15) is 75.2 Å². The zero-order chi connectivity index (χ0) is 24.7. The van der Waals surface area contributed by atoms with Gasteiger partial charge in [-0.3, -0.25) is 14.6 Å². The highest BCUT2D eigenvalue weighted by Crippen LogP contribution is 2.38. The molecule has 1 heterocycles. The Morgan fingerprint density at radius 3 is 2.53 bits per heavy atom. The Kier molecular flexibility index (Phi) is 6.23. The van der Waals surface area contributed by atoms with E-state index < -0.39 is 0 Å². The molecule has 180 valence electrons. The molecule has 1 fully saturated rings. The fourth-order valence-corrected chi connectivity index (χ4v) is 4.90. The van der Waals surface area contributed by atoms with Gasteiger partial charge in [0.15, 0.2) is 11.6 Å². The monoisotopic (exact) mass is 464 g/mol. The van der Waals surface area contributed by atoms with E-state index in [1.54, 1.807) is 13.2 Å². The number of fused-ring (bicyclic) bond motifs is 1. The second-order valence-corrected chi connectivity index (χ2v) is 10.9. The molecular weight excluding hydrogens is 432 g/mol. The van der Waals surface area contributed by atoms with Gasteiger partial charge >= 0.3 is 0 Å². The van der Waals surface area contributed by atoms with Crippen molar-refractivity contribution < 1.29 is 24.0 Å². The van der Waals surface area contributed by atoms with Crippen LogP contribution in [0.25, 0.3) is 0 Å². The molecule has 2 aliphatic carbocycles. The number of aliphatic imine (C=N–C) groups is 1. The van der Waals surface area contributed by atoms with E-state index >= 15 is 0 Å². The number of Topliss-reactive ketones (excluding diaryl/α,β-unsaturated/α-hetero) is 2. The summed E-state index contributed by atoms with van der Waals surface area (Å²) in [6, 6.07) is 7.30. The molecule has 1 saturated carbocycles. The number of ketones is 2. The van der Waals surface area contributed by atoms with Gasteiger partial charge in [-0.25, -0.2) is 0 Å². The summed E-state index contributed by atoms with van der Waals surface area (Å²) in [5, 5.41) is 15.1. The van der Waals surface area contributed by atoms with Gasteiger partial charge in [0.1, 0.15) is 17.3 Å². The SMILES string of the molecule is COc1cccc(N=C2CC(C)(C)CC(=O)/C2=C(/O)CCc2noc3c2C(=O)CC(C)(C)C3)c1. The maximum Gasteiger partial charge on any atom is 0.168 e. The smallest absolute Gasteiger partial charge is 0.168 e. The van der Waals surface area contributed by atoms with Gasteiger partial charge in [-0.1, -0.05) is 38.9 Å². The number of methoxy groups -OCH3 is 1. The van der Waals surface area contributed by atoms with Crippen molar-refractivity contribution in [2.75, 3.05) is 7.11 Å². The van der Waals surface area contributed by atoms with Crippen molar-refractivity contribution in [1.29, 1.82) is 0 Å². The normalized spacial score (nSPS) is 22.0. The number of aliphatic hydroxyl groups is 1. The van der Waals surface area contributed by atoms with Gasteiger partial charge in [-0.15, -0.1) is 0 Å². The second-order valence-electron chi connectivity index (χ2n) is 10.9. The molecule has 0 unspecified atom stereocenters. The highest BCUT2D eigenvalue weighted by molar-refractivity contribution is 6.25. The maximum atomic E-state index is 13.1. The number of rotatable bonds is 5. The van der Waals surface area contributed by atoms with E-state index in [1.807, 2.05) is 45.9 Å². The number of aromatic nitrogens is 1. The zero-order valence-corrected chi connectivity index (χ0v) is 20.5. The van der Waals surface area contributed by atoms with Crippen molar-refractivity contribution in [3.8, 4) is 5.75 Å². The standard InChI is InChI=1S/C27H32N2O5/c1-26(2)12-19(28-16-7-6-8-17(11-16)33-5)24(21(31)13-26)20(30)10-9-18-25-22(32)14-27(3,4)15-23(25)34-29-18/h6-8,11,30H,9-10,12-15H2,1-5H3/b24-20+,28-19?. The molecule has 0 saturated heterocycles. The molecule has 0 bridgehead atoms. The van der Waals surface area contributed by atoms with E-state index in [0.29, 0.717) is 66.3 Å². The number of hydrogen-bond donors (Lipinski definition) is 1. The summed E-state index contributed by atoms with van der Waals surface area (Å²) >= 11 is 0. The van der Waals surface area contributed by atoms with Crippen LogP contribution in [0.15, 0.2) is 45.1 Å². The molecule has 1 N–H and O–H groups in total. The Hall–Kier alpha value is -3.22. The summed E-state index contributed by atoms with van der Waals surface area (Å²) in [5.41, 5.74) is 2.15. The van der Waals surface area contributed by atoms with E-state index in [2.05, 4.69) is 5.16 Å². The first-order chi connectivity index (χ1) is 16.0. The van der Waals surface area contributed by atoms with Crippen LogP contribution in [-0.4, -0.2) is 34.7 Å². The lowest BCUT2D eigenvalue weighted by Crippen LogP contribution is -2.32. The Bertz CT molecular complexity index is 1200. The van der Waals surface area contributed by atoms with Crippen molar-refractivity contribution in [3.05, 3.63) is 52.6 Å². The molecule has 4 rings (SSSR count). The number of nitrogens with zero attached hydrogens (tertiary/aromatic N) is 2. The third-order valence-electron chi connectivity index (χ3n) is 6.45. The summed E-state index contributed by atoms with van der Waals surface area (Å²) in [4.78, 5) is 30.5. The van der Waals surface area contributed by atoms with E-state index in [0.717, 1.165) is 0 Å². The van der Waals surface area contributed by atoms with Gasteiger partial charge in [0.25, 0.3) is 0 Å². The van der Waals surface area contributed by atoms with Gasteiger partial charge < -0.3 is 14.4 Å². The molecule has 7 heteroatoms. The predicted octanol–water partition coefficient (Wildman–Crippen LogP) is 5.74. The third kappa shape index (κ3) is 4.98. The first-order valence-corrected chi connectivity index (χ1v) is 11.7. The molecule has 2 aliphatic rings. The zero-order valence-electron chi connectivity index (χ0n) is 20.5. The van der Waals surface area contributed by atoms with Crippen molar-refractivity contribution in [2.45, 2.75) is 66.2 Å².